The minimum absolute atomic E-state index is 0.00491. The third-order valence-electron chi connectivity index (χ3n) is 2.98. The monoisotopic (exact) mass is 285 g/mol. The van der Waals surface area contributed by atoms with E-state index in [0.29, 0.717) is 11.3 Å². The maximum atomic E-state index is 11.1. The number of rotatable bonds is 3. The molecule has 1 N–H and O–H groups in total. The van der Waals surface area contributed by atoms with Gasteiger partial charge in [-0.3, -0.25) is 30.2 Å². The Bertz CT molecular complexity index is 796. The predicted molar refractivity (Wildman–Crippen MR) is 74.4 cm³/mol. The molecule has 2 aliphatic heterocycles. The molecule has 0 aromatic carbocycles. The number of nitrogens with one attached hydrogen (secondary N) is 1. The fraction of sp³-hybridized carbons (Fsp3) is 0. The zero-order valence-corrected chi connectivity index (χ0v) is 10.4. The lowest BCUT2D eigenvalue weighted by Gasteiger charge is -2.02. The number of hydrogen-bond acceptors (Lipinski definition) is 6. The molecule has 9 heteroatoms. The van der Waals surface area contributed by atoms with E-state index in [9.17, 15) is 20.2 Å². The van der Waals surface area contributed by atoms with Gasteiger partial charge in [0.2, 0.25) is 0 Å². The number of aromatic amines is 1. The molecule has 1 aromatic rings. The van der Waals surface area contributed by atoms with E-state index >= 15 is 0 Å². The van der Waals surface area contributed by atoms with E-state index in [0.717, 1.165) is 6.20 Å². The largest absolute Gasteiger partial charge is 0.373 e. The molecule has 0 amide bonds. The van der Waals surface area contributed by atoms with Crippen LogP contribution in [-0.4, -0.2) is 26.8 Å². The molecule has 3 heterocycles. The maximum absolute atomic E-state index is 11.1. The first kappa shape index (κ1) is 12.7. The van der Waals surface area contributed by atoms with Crippen molar-refractivity contribution in [3.8, 4) is 0 Å². The van der Waals surface area contributed by atoms with E-state index in [1.807, 2.05) is 0 Å². The van der Waals surface area contributed by atoms with Crippen molar-refractivity contribution in [3.05, 3.63) is 67.8 Å². The predicted octanol–water partition coefficient (Wildman–Crippen LogP) is 2.04. The van der Waals surface area contributed by atoms with Crippen molar-refractivity contribution in [1.82, 2.24) is 4.98 Å². The summed E-state index contributed by atoms with van der Waals surface area (Å²) in [6.45, 7) is 0. The fourth-order valence-corrected chi connectivity index (χ4v) is 2.11. The van der Waals surface area contributed by atoms with Crippen LogP contribution in [0, 0.1) is 20.2 Å². The molecular weight excluding hydrogens is 278 g/mol. The third-order valence-corrected chi connectivity index (χ3v) is 2.98. The van der Waals surface area contributed by atoms with Crippen LogP contribution < -0.4 is 0 Å². The minimum atomic E-state index is -0.804. The zero-order chi connectivity index (χ0) is 15.0. The second-order valence-corrected chi connectivity index (χ2v) is 4.14. The van der Waals surface area contributed by atoms with E-state index in [2.05, 4.69) is 15.0 Å². The van der Waals surface area contributed by atoms with Gasteiger partial charge in [-0.15, -0.1) is 0 Å². The Morgan fingerprint density at radius 3 is 2.57 bits per heavy atom. The van der Waals surface area contributed by atoms with Crippen LogP contribution in [0.2, 0.25) is 0 Å². The van der Waals surface area contributed by atoms with E-state index in [1.165, 1.54) is 6.20 Å². The summed E-state index contributed by atoms with van der Waals surface area (Å²) in [6.07, 6.45) is 9.13. The highest BCUT2D eigenvalue weighted by molar-refractivity contribution is 6.18. The summed E-state index contributed by atoms with van der Waals surface area (Å²) >= 11 is 0. The number of allylic oxidation sites excluding steroid dienone is 4. The van der Waals surface area contributed by atoms with Crippen molar-refractivity contribution in [2.75, 3.05) is 0 Å². The topological polar surface area (TPSA) is 127 Å². The summed E-state index contributed by atoms with van der Waals surface area (Å²) in [6, 6.07) is 0. The molecule has 0 bridgehead atoms. The quantitative estimate of drug-likeness (QED) is 0.673. The summed E-state index contributed by atoms with van der Waals surface area (Å²) in [5.41, 5.74) is 0.211. The Kier molecular flexibility index (Phi) is 2.79. The van der Waals surface area contributed by atoms with Crippen LogP contribution in [0.4, 0.5) is 11.4 Å². The molecule has 0 aliphatic carbocycles. The number of H-pyrrole nitrogens is 1. The lowest BCUT2D eigenvalue weighted by atomic mass is 10.1. The molecule has 0 fully saturated rings. The number of nitro groups is 2. The van der Waals surface area contributed by atoms with Gasteiger partial charge in [-0.1, -0.05) is 0 Å². The van der Waals surface area contributed by atoms with Crippen molar-refractivity contribution in [1.29, 1.82) is 0 Å². The highest BCUT2D eigenvalue weighted by Gasteiger charge is 2.35. The van der Waals surface area contributed by atoms with Gasteiger partial charge in [-0.25, -0.2) is 0 Å². The van der Waals surface area contributed by atoms with Crippen LogP contribution in [0.3, 0.4) is 0 Å². The smallest absolute Gasteiger partial charge is 0.348 e. The molecule has 0 unspecified atom stereocenters. The Hall–Kier alpha value is -3.36. The van der Waals surface area contributed by atoms with Crippen molar-refractivity contribution >= 4 is 23.3 Å². The highest BCUT2D eigenvalue weighted by atomic mass is 16.6. The summed E-state index contributed by atoms with van der Waals surface area (Å²) in [5.74, 6) is 0. The van der Waals surface area contributed by atoms with Crippen LogP contribution in [-0.2, 0) is 0 Å². The van der Waals surface area contributed by atoms with E-state index in [-0.39, 0.29) is 11.4 Å². The average Bonchev–Trinajstić information content (AvgIpc) is 3.17. The van der Waals surface area contributed by atoms with Crippen LogP contribution in [0.1, 0.15) is 5.69 Å². The molecule has 9 nitrogen and oxygen atoms in total. The molecule has 104 valence electrons. The summed E-state index contributed by atoms with van der Waals surface area (Å²) in [7, 11) is 0. The normalized spacial score (nSPS) is 19.3. The van der Waals surface area contributed by atoms with Gasteiger partial charge in [-0.2, -0.15) is 0 Å². The first-order chi connectivity index (χ1) is 10.1. The van der Waals surface area contributed by atoms with Gasteiger partial charge in [0.15, 0.2) is 5.69 Å². The van der Waals surface area contributed by atoms with Gasteiger partial charge in [-0.05, 0) is 18.2 Å². The first-order valence-corrected chi connectivity index (χ1v) is 5.80. The highest BCUT2D eigenvalue weighted by Crippen LogP contribution is 2.34. The van der Waals surface area contributed by atoms with E-state index < -0.39 is 21.2 Å². The second kappa shape index (κ2) is 4.63. The lowest BCUT2D eigenvalue weighted by molar-refractivity contribution is -0.421. The average molecular weight is 285 g/mol. The number of nitrogens with zero attached hydrogens (tertiary/aromatic N) is 4. The van der Waals surface area contributed by atoms with E-state index in [1.54, 1.807) is 24.4 Å². The van der Waals surface area contributed by atoms with Gasteiger partial charge < -0.3 is 4.98 Å². The zero-order valence-electron chi connectivity index (χ0n) is 10.4. The molecule has 0 spiro atoms. The number of aromatic nitrogens is 1. The van der Waals surface area contributed by atoms with Gasteiger partial charge in [0, 0.05) is 18.0 Å². The second-order valence-electron chi connectivity index (χ2n) is 4.14. The van der Waals surface area contributed by atoms with E-state index in [4.69, 9.17) is 0 Å². The number of aliphatic imine (C=N–C) groups is 2. The van der Waals surface area contributed by atoms with Gasteiger partial charge in [0.25, 0.3) is 0 Å². The third kappa shape index (κ3) is 1.96. The Balaban J connectivity index is 2.16. The van der Waals surface area contributed by atoms with Crippen molar-refractivity contribution in [2.45, 2.75) is 0 Å². The molecule has 0 saturated carbocycles. The summed E-state index contributed by atoms with van der Waals surface area (Å²) in [5, 5.41) is 22.0. The molecule has 21 heavy (non-hydrogen) atoms. The maximum Gasteiger partial charge on any atom is 0.373 e. The van der Waals surface area contributed by atoms with Crippen molar-refractivity contribution in [2.24, 2.45) is 9.98 Å². The van der Waals surface area contributed by atoms with Crippen LogP contribution in [0.5, 0.6) is 0 Å². The minimum Gasteiger partial charge on any atom is -0.348 e. The van der Waals surface area contributed by atoms with Gasteiger partial charge in [0.05, 0.1) is 21.7 Å². The Labute approximate surface area is 117 Å². The first-order valence-electron chi connectivity index (χ1n) is 5.80. The fourth-order valence-electron chi connectivity index (χ4n) is 2.11. The molecule has 1 aromatic heterocycles. The Morgan fingerprint density at radius 2 is 1.95 bits per heavy atom. The Morgan fingerprint density at radius 1 is 1.14 bits per heavy atom. The van der Waals surface area contributed by atoms with Crippen molar-refractivity contribution < 1.29 is 9.85 Å². The SMILES string of the molecule is O=[N+]([O-])c1c[nH]c(C2=NC=CC2=C2C=CC=N2)c1[N+](=O)[O-]. The van der Waals surface area contributed by atoms with Crippen molar-refractivity contribution in [3.63, 3.8) is 0 Å². The molecule has 0 saturated heterocycles. The molecular formula is C12H7N5O4. The van der Waals surface area contributed by atoms with Gasteiger partial charge >= 0.3 is 11.4 Å². The van der Waals surface area contributed by atoms with Gasteiger partial charge in [0.1, 0.15) is 5.71 Å². The van der Waals surface area contributed by atoms with Crippen LogP contribution in [0.25, 0.3) is 0 Å². The number of hydrogen-bond donors (Lipinski definition) is 1. The summed E-state index contributed by atoms with van der Waals surface area (Å²) in [4.78, 5) is 31.1. The standard InChI is InChI=1S/C12H7N5O4/c18-16(19)9-6-15-11(12(9)17(20)21)10-7(3-5-14-10)8-2-1-4-13-8/h1-6,15H. The van der Waals surface area contributed by atoms with Crippen LogP contribution in [0.15, 0.2) is 51.9 Å². The summed E-state index contributed by atoms with van der Waals surface area (Å²) < 4.78 is 0. The lowest BCUT2D eigenvalue weighted by Crippen LogP contribution is -2.06. The molecule has 3 rings (SSSR count). The molecule has 0 atom stereocenters. The molecule has 2 aliphatic rings. The van der Waals surface area contributed by atoms with Crippen LogP contribution >= 0.6 is 0 Å². The molecule has 0 radical (unpaired) electrons.